The predicted molar refractivity (Wildman–Crippen MR) is 105 cm³/mol. The van der Waals surface area contributed by atoms with E-state index < -0.39 is 16.1 Å². The molecule has 1 aromatic rings. The van der Waals surface area contributed by atoms with Crippen LogP contribution in [0, 0.1) is 5.92 Å². The lowest BCUT2D eigenvalue weighted by molar-refractivity contribution is -0.138. The third kappa shape index (κ3) is 5.90. The second kappa shape index (κ2) is 9.14. The highest BCUT2D eigenvalue weighted by atomic mass is 32.2. The van der Waals surface area contributed by atoms with Crippen molar-refractivity contribution in [3.8, 4) is 0 Å². The van der Waals surface area contributed by atoms with Gasteiger partial charge in [-0.25, -0.2) is 8.42 Å². The molecule has 1 aliphatic heterocycles. The van der Waals surface area contributed by atoms with Crippen molar-refractivity contribution in [3.05, 3.63) is 41.3 Å². The predicted octanol–water partition coefficient (Wildman–Crippen LogP) is 1.29. The summed E-state index contributed by atoms with van der Waals surface area (Å²) in [6, 6.07) is 8.62. The molecule has 1 heterocycles. The third-order valence-corrected chi connectivity index (χ3v) is 6.00. The van der Waals surface area contributed by atoms with Gasteiger partial charge < -0.3 is 10.2 Å². The summed E-state index contributed by atoms with van der Waals surface area (Å²) in [6.45, 7) is 6.20. The van der Waals surface area contributed by atoms with Gasteiger partial charge in [0.2, 0.25) is 21.8 Å². The van der Waals surface area contributed by atoms with Crippen LogP contribution in [0.25, 0.3) is 6.08 Å². The van der Waals surface area contributed by atoms with E-state index in [9.17, 15) is 18.0 Å². The van der Waals surface area contributed by atoms with Crippen molar-refractivity contribution in [2.45, 2.75) is 26.8 Å². The highest BCUT2D eigenvalue weighted by Crippen LogP contribution is 2.14. The minimum Gasteiger partial charge on any atom is -0.344 e. The van der Waals surface area contributed by atoms with Crippen molar-refractivity contribution in [3.63, 3.8) is 0 Å². The zero-order chi connectivity index (χ0) is 20.0. The van der Waals surface area contributed by atoms with Crippen LogP contribution in [0.5, 0.6) is 0 Å². The van der Waals surface area contributed by atoms with Crippen molar-refractivity contribution < 1.29 is 18.0 Å². The van der Waals surface area contributed by atoms with Gasteiger partial charge in [-0.05, 0) is 17.6 Å². The fourth-order valence-corrected chi connectivity index (χ4v) is 4.08. The molecule has 7 nitrogen and oxygen atoms in total. The summed E-state index contributed by atoms with van der Waals surface area (Å²) in [4.78, 5) is 25.6. The second-order valence-electron chi connectivity index (χ2n) is 6.90. The SMILES string of the molecule is CC(=O)N[C@H](C(=O)N1CCN(S(=O)(=O)/C=C/c2ccccc2)CC1)C(C)C. The van der Waals surface area contributed by atoms with Crippen LogP contribution in [-0.2, 0) is 19.6 Å². The molecule has 0 spiro atoms. The largest absolute Gasteiger partial charge is 0.344 e. The number of amides is 2. The number of rotatable bonds is 6. The van der Waals surface area contributed by atoms with Crippen molar-refractivity contribution in [2.75, 3.05) is 26.2 Å². The van der Waals surface area contributed by atoms with E-state index in [0.29, 0.717) is 13.1 Å². The molecular formula is C19H27N3O4S. The maximum absolute atomic E-state index is 12.7. The van der Waals surface area contributed by atoms with Gasteiger partial charge in [-0.1, -0.05) is 44.2 Å². The van der Waals surface area contributed by atoms with E-state index in [1.54, 1.807) is 11.0 Å². The first-order valence-electron chi connectivity index (χ1n) is 9.00. The quantitative estimate of drug-likeness (QED) is 0.789. The molecule has 8 heteroatoms. The van der Waals surface area contributed by atoms with Gasteiger partial charge in [0.15, 0.2) is 0 Å². The maximum atomic E-state index is 12.7. The first-order valence-corrected chi connectivity index (χ1v) is 10.5. The fourth-order valence-electron chi connectivity index (χ4n) is 2.91. The molecule has 2 amide bonds. The molecule has 1 aliphatic rings. The van der Waals surface area contributed by atoms with E-state index in [1.807, 2.05) is 44.2 Å². The molecule has 27 heavy (non-hydrogen) atoms. The molecule has 0 aromatic heterocycles. The van der Waals surface area contributed by atoms with Crippen LogP contribution in [0.2, 0.25) is 0 Å². The van der Waals surface area contributed by atoms with Crippen LogP contribution >= 0.6 is 0 Å². The average Bonchev–Trinajstić information content (AvgIpc) is 2.64. The number of carbonyl (C=O) groups excluding carboxylic acids is 2. The summed E-state index contributed by atoms with van der Waals surface area (Å²) in [5, 5.41) is 3.89. The highest BCUT2D eigenvalue weighted by molar-refractivity contribution is 7.92. The lowest BCUT2D eigenvalue weighted by Gasteiger charge is -2.36. The Morgan fingerprint density at radius 2 is 1.67 bits per heavy atom. The normalized spacial score (nSPS) is 17.3. The molecule has 0 aliphatic carbocycles. The van der Waals surface area contributed by atoms with Gasteiger partial charge in [-0.2, -0.15) is 4.31 Å². The molecule has 1 atom stereocenters. The summed E-state index contributed by atoms with van der Waals surface area (Å²) in [6.07, 6.45) is 1.57. The zero-order valence-electron chi connectivity index (χ0n) is 16.0. The maximum Gasteiger partial charge on any atom is 0.245 e. The van der Waals surface area contributed by atoms with Gasteiger partial charge in [0.1, 0.15) is 6.04 Å². The molecule has 1 N–H and O–H groups in total. The van der Waals surface area contributed by atoms with Gasteiger partial charge in [0.25, 0.3) is 0 Å². The van der Waals surface area contributed by atoms with E-state index in [2.05, 4.69) is 5.32 Å². The van der Waals surface area contributed by atoms with E-state index in [-0.39, 0.29) is 30.8 Å². The van der Waals surface area contributed by atoms with Gasteiger partial charge in [-0.15, -0.1) is 0 Å². The Hall–Kier alpha value is -2.19. The highest BCUT2D eigenvalue weighted by Gasteiger charge is 2.32. The molecular weight excluding hydrogens is 366 g/mol. The summed E-state index contributed by atoms with van der Waals surface area (Å²) in [5.74, 6) is -0.469. The van der Waals surface area contributed by atoms with Gasteiger partial charge in [-0.3, -0.25) is 9.59 Å². The van der Waals surface area contributed by atoms with Crippen molar-refractivity contribution in [2.24, 2.45) is 5.92 Å². The van der Waals surface area contributed by atoms with E-state index in [4.69, 9.17) is 0 Å². The number of piperazine rings is 1. The molecule has 148 valence electrons. The van der Waals surface area contributed by atoms with E-state index in [0.717, 1.165) is 5.56 Å². The lowest BCUT2D eigenvalue weighted by Crippen LogP contribution is -2.56. The molecule has 1 aromatic carbocycles. The van der Waals surface area contributed by atoms with Crippen LogP contribution < -0.4 is 5.32 Å². The Labute approximate surface area is 161 Å². The molecule has 0 bridgehead atoms. The Balaban J connectivity index is 1.98. The Morgan fingerprint density at radius 3 is 2.19 bits per heavy atom. The summed E-state index contributed by atoms with van der Waals surface area (Å²) in [5.41, 5.74) is 0.810. The first-order chi connectivity index (χ1) is 12.7. The van der Waals surface area contributed by atoms with Crippen LogP contribution in [0.3, 0.4) is 0 Å². The minimum atomic E-state index is -3.54. The number of carbonyl (C=O) groups is 2. The monoisotopic (exact) mass is 393 g/mol. The number of benzene rings is 1. The second-order valence-corrected chi connectivity index (χ2v) is 8.72. The van der Waals surface area contributed by atoms with E-state index >= 15 is 0 Å². The standard InChI is InChI=1S/C19H27N3O4S/c1-15(2)18(20-16(3)23)19(24)21-10-12-22(13-11-21)27(25,26)14-9-17-7-5-4-6-8-17/h4-9,14-15,18H,10-13H2,1-3H3,(H,20,23)/b14-9+/t18-/m0/s1. The fraction of sp³-hybridized carbons (Fsp3) is 0.474. The average molecular weight is 394 g/mol. The van der Waals surface area contributed by atoms with Gasteiger partial charge >= 0.3 is 0 Å². The smallest absolute Gasteiger partial charge is 0.245 e. The Kier molecular flexibility index (Phi) is 7.15. The molecule has 0 saturated carbocycles. The third-order valence-electron chi connectivity index (χ3n) is 4.43. The van der Waals surface area contributed by atoms with Gasteiger partial charge in [0.05, 0.1) is 0 Å². The molecule has 1 fully saturated rings. The van der Waals surface area contributed by atoms with Crippen molar-refractivity contribution in [1.29, 1.82) is 0 Å². The van der Waals surface area contributed by atoms with Crippen LogP contribution in [0.1, 0.15) is 26.3 Å². The van der Waals surface area contributed by atoms with Gasteiger partial charge in [0, 0.05) is 38.5 Å². The number of nitrogens with one attached hydrogen (secondary N) is 1. The Morgan fingerprint density at radius 1 is 1.07 bits per heavy atom. The molecule has 0 radical (unpaired) electrons. The molecule has 2 rings (SSSR count). The number of sulfonamides is 1. The number of hydrogen-bond acceptors (Lipinski definition) is 4. The zero-order valence-corrected chi connectivity index (χ0v) is 16.8. The van der Waals surface area contributed by atoms with Crippen molar-refractivity contribution in [1.82, 2.24) is 14.5 Å². The van der Waals surface area contributed by atoms with E-state index in [1.165, 1.54) is 16.6 Å². The van der Waals surface area contributed by atoms with Crippen LogP contribution in [0.15, 0.2) is 35.7 Å². The minimum absolute atomic E-state index is 0.0445. The lowest BCUT2D eigenvalue weighted by atomic mass is 10.0. The topological polar surface area (TPSA) is 86.8 Å². The summed E-state index contributed by atoms with van der Waals surface area (Å²) in [7, 11) is -3.54. The molecule has 1 saturated heterocycles. The number of hydrogen-bond donors (Lipinski definition) is 1. The van der Waals surface area contributed by atoms with Crippen LogP contribution in [-0.4, -0.2) is 61.7 Å². The molecule has 0 unspecified atom stereocenters. The first kappa shape index (κ1) is 21.1. The Bertz CT molecular complexity index is 782. The van der Waals surface area contributed by atoms with Crippen LogP contribution in [0.4, 0.5) is 0 Å². The summed E-state index contributed by atoms with van der Waals surface area (Å²) < 4.78 is 26.4. The van der Waals surface area contributed by atoms with Crippen molar-refractivity contribution >= 4 is 27.9 Å². The number of nitrogens with zero attached hydrogens (tertiary/aromatic N) is 2. The summed E-state index contributed by atoms with van der Waals surface area (Å²) >= 11 is 0.